The first-order valence-electron chi connectivity index (χ1n) is 11.4. The molecule has 1 atom stereocenters. The van der Waals surface area contributed by atoms with Gasteiger partial charge in [0.2, 0.25) is 11.8 Å². The maximum atomic E-state index is 13.6. The van der Waals surface area contributed by atoms with Gasteiger partial charge in [-0.15, -0.1) is 0 Å². The Bertz CT molecular complexity index is 970. The Morgan fingerprint density at radius 1 is 1.06 bits per heavy atom. The standard InChI is InChI=1S/C26H32Cl2N2O2/c1-4-24(26(32)29-22-7-5-6-8-22)30(16-19-11-12-21(27)15-23(19)28)25(31)14-20-13-17(2)9-10-18(20)3/h9-13,15,22,24H,4-8,14,16H2,1-3H3,(H,29,32)/t24-/m0/s1. The van der Waals surface area contributed by atoms with Gasteiger partial charge in [-0.25, -0.2) is 0 Å². The molecule has 2 amide bonds. The molecular weight excluding hydrogens is 443 g/mol. The summed E-state index contributed by atoms with van der Waals surface area (Å²) < 4.78 is 0. The Hall–Kier alpha value is -2.04. The van der Waals surface area contributed by atoms with E-state index < -0.39 is 6.04 Å². The molecule has 0 bridgehead atoms. The van der Waals surface area contributed by atoms with Crippen LogP contribution in [-0.2, 0) is 22.6 Å². The highest BCUT2D eigenvalue weighted by Crippen LogP contribution is 2.25. The number of carbonyl (C=O) groups is 2. The highest BCUT2D eigenvalue weighted by molar-refractivity contribution is 6.35. The average Bonchev–Trinajstić information content (AvgIpc) is 3.25. The zero-order valence-corrected chi connectivity index (χ0v) is 20.6. The molecule has 1 saturated carbocycles. The third-order valence-corrected chi connectivity index (χ3v) is 6.88. The number of halogens is 2. The van der Waals surface area contributed by atoms with Gasteiger partial charge in [0.1, 0.15) is 6.04 Å². The molecule has 1 aliphatic carbocycles. The maximum Gasteiger partial charge on any atom is 0.243 e. The van der Waals surface area contributed by atoms with E-state index in [2.05, 4.69) is 5.32 Å². The number of nitrogens with one attached hydrogen (secondary N) is 1. The van der Waals surface area contributed by atoms with Crippen molar-refractivity contribution in [2.75, 3.05) is 0 Å². The van der Waals surface area contributed by atoms with Gasteiger partial charge in [0.15, 0.2) is 0 Å². The van der Waals surface area contributed by atoms with E-state index in [1.165, 1.54) is 0 Å². The lowest BCUT2D eigenvalue weighted by Gasteiger charge is -2.32. The van der Waals surface area contributed by atoms with Gasteiger partial charge >= 0.3 is 0 Å². The minimum absolute atomic E-state index is 0.0844. The number of hydrogen-bond acceptors (Lipinski definition) is 2. The fourth-order valence-electron chi connectivity index (χ4n) is 4.38. The van der Waals surface area contributed by atoms with Crippen molar-refractivity contribution >= 4 is 35.0 Å². The third kappa shape index (κ3) is 6.26. The predicted molar refractivity (Wildman–Crippen MR) is 131 cm³/mol. The quantitative estimate of drug-likeness (QED) is 0.508. The van der Waals surface area contributed by atoms with Crippen molar-refractivity contribution in [1.82, 2.24) is 10.2 Å². The molecule has 1 N–H and O–H groups in total. The minimum atomic E-state index is -0.556. The number of nitrogens with zero attached hydrogens (tertiary/aromatic N) is 1. The molecule has 0 spiro atoms. The summed E-state index contributed by atoms with van der Waals surface area (Å²) >= 11 is 12.5. The second-order valence-corrected chi connectivity index (χ2v) is 9.62. The Morgan fingerprint density at radius 3 is 2.44 bits per heavy atom. The first-order chi connectivity index (χ1) is 15.3. The molecule has 2 aromatic rings. The van der Waals surface area contributed by atoms with E-state index >= 15 is 0 Å². The summed E-state index contributed by atoms with van der Waals surface area (Å²) in [7, 11) is 0. The molecule has 0 heterocycles. The lowest BCUT2D eigenvalue weighted by Crippen LogP contribution is -2.51. The maximum absolute atomic E-state index is 13.6. The van der Waals surface area contributed by atoms with Crippen LogP contribution >= 0.6 is 23.2 Å². The summed E-state index contributed by atoms with van der Waals surface area (Å²) in [5, 5.41) is 4.21. The van der Waals surface area contributed by atoms with Crippen LogP contribution in [0, 0.1) is 13.8 Å². The molecule has 4 nitrogen and oxygen atoms in total. The average molecular weight is 475 g/mol. The van der Waals surface area contributed by atoms with Crippen LogP contribution in [0.5, 0.6) is 0 Å². The summed E-state index contributed by atoms with van der Waals surface area (Å²) in [6.45, 7) is 6.23. The van der Waals surface area contributed by atoms with Crippen molar-refractivity contribution < 1.29 is 9.59 Å². The molecule has 1 fully saturated rings. The molecule has 0 aromatic heterocycles. The molecule has 3 rings (SSSR count). The highest BCUT2D eigenvalue weighted by Gasteiger charge is 2.31. The highest BCUT2D eigenvalue weighted by atomic mass is 35.5. The molecule has 32 heavy (non-hydrogen) atoms. The van der Waals surface area contributed by atoms with Gasteiger partial charge in [0.05, 0.1) is 6.42 Å². The fraction of sp³-hybridized carbons (Fsp3) is 0.462. The topological polar surface area (TPSA) is 49.4 Å². The van der Waals surface area contributed by atoms with Crippen molar-refractivity contribution in [2.24, 2.45) is 0 Å². The number of rotatable bonds is 8. The molecular formula is C26H32Cl2N2O2. The van der Waals surface area contributed by atoms with Crippen molar-refractivity contribution in [3.63, 3.8) is 0 Å². The monoisotopic (exact) mass is 474 g/mol. The molecule has 2 aromatic carbocycles. The fourth-order valence-corrected chi connectivity index (χ4v) is 4.84. The van der Waals surface area contributed by atoms with Crippen LogP contribution in [0.3, 0.4) is 0 Å². The van der Waals surface area contributed by atoms with Gasteiger partial charge in [-0.1, -0.05) is 72.8 Å². The second kappa shape index (κ2) is 11.2. The SMILES string of the molecule is CC[C@@H](C(=O)NC1CCCC1)N(Cc1ccc(Cl)cc1Cl)C(=O)Cc1cc(C)ccc1C. The largest absolute Gasteiger partial charge is 0.352 e. The Balaban J connectivity index is 1.88. The lowest BCUT2D eigenvalue weighted by molar-refractivity contribution is -0.141. The number of aryl methyl sites for hydroxylation is 2. The van der Waals surface area contributed by atoms with Crippen LogP contribution in [-0.4, -0.2) is 28.8 Å². The van der Waals surface area contributed by atoms with Gasteiger partial charge < -0.3 is 10.2 Å². The van der Waals surface area contributed by atoms with Crippen molar-refractivity contribution in [1.29, 1.82) is 0 Å². The van der Waals surface area contributed by atoms with E-state index in [0.717, 1.165) is 47.9 Å². The third-order valence-electron chi connectivity index (χ3n) is 6.29. The van der Waals surface area contributed by atoms with Crippen LogP contribution in [0.1, 0.15) is 61.3 Å². The van der Waals surface area contributed by atoms with Gasteiger partial charge in [-0.05, 0) is 61.9 Å². The van der Waals surface area contributed by atoms with Crippen molar-refractivity contribution in [3.05, 3.63) is 68.7 Å². The number of amides is 2. The summed E-state index contributed by atoms with van der Waals surface area (Å²) in [6, 6.07) is 11.0. The first-order valence-corrected chi connectivity index (χ1v) is 12.1. The molecule has 172 valence electrons. The number of hydrogen-bond donors (Lipinski definition) is 1. The zero-order chi connectivity index (χ0) is 23.3. The minimum Gasteiger partial charge on any atom is -0.352 e. The Labute approximate surface area is 201 Å². The van der Waals surface area contributed by atoms with Gasteiger partial charge in [0, 0.05) is 22.6 Å². The number of carbonyl (C=O) groups excluding carboxylic acids is 2. The first kappa shape index (κ1) is 24.6. The van der Waals surface area contributed by atoms with E-state index in [9.17, 15) is 9.59 Å². The summed E-state index contributed by atoms with van der Waals surface area (Å²) in [5.74, 6) is -0.170. The Kier molecular flexibility index (Phi) is 8.61. The number of benzene rings is 2. The van der Waals surface area contributed by atoms with E-state index in [0.29, 0.717) is 16.5 Å². The van der Waals surface area contributed by atoms with Crippen LogP contribution in [0.25, 0.3) is 0 Å². The molecule has 1 aliphatic rings. The van der Waals surface area contributed by atoms with E-state index in [1.807, 2.05) is 45.0 Å². The molecule has 0 saturated heterocycles. The zero-order valence-electron chi connectivity index (χ0n) is 19.1. The molecule has 6 heteroatoms. The van der Waals surface area contributed by atoms with Gasteiger partial charge in [0.25, 0.3) is 0 Å². The normalized spacial score (nSPS) is 14.9. The summed E-state index contributed by atoms with van der Waals surface area (Å²) in [4.78, 5) is 28.5. The van der Waals surface area contributed by atoms with E-state index in [4.69, 9.17) is 23.2 Å². The second-order valence-electron chi connectivity index (χ2n) is 8.78. The van der Waals surface area contributed by atoms with E-state index in [1.54, 1.807) is 17.0 Å². The smallest absolute Gasteiger partial charge is 0.243 e. The molecule has 0 unspecified atom stereocenters. The van der Waals surface area contributed by atoms with Crippen LogP contribution in [0.4, 0.5) is 0 Å². The van der Waals surface area contributed by atoms with E-state index in [-0.39, 0.29) is 30.8 Å². The lowest BCUT2D eigenvalue weighted by atomic mass is 10.0. The van der Waals surface area contributed by atoms with Gasteiger partial charge in [-0.2, -0.15) is 0 Å². The van der Waals surface area contributed by atoms with Crippen molar-refractivity contribution in [3.8, 4) is 0 Å². The summed E-state index contributed by atoms with van der Waals surface area (Å²) in [6.07, 6.45) is 5.05. The van der Waals surface area contributed by atoms with Crippen LogP contribution in [0.15, 0.2) is 36.4 Å². The molecule has 0 aliphatic heterocycles. The predicted octanol–water partition coefficient (Wildman–Crippen LogP) is 6.02. The Morgan fingerprint density at radius 2 is 1.78 bits per heavy atom. The van der Waals surface area contributed by atoms with Crippen LogP contribution < -0.4 is 5.32 Å². The van der Waals surface area contributed by atoms with Crippen molar-refractivity contribution in [2.45, 2.75) is 77.9 Å². The molecule has 0 radical (unpaired) electrons. The van der Waals surface area contributed by atoms with Crippen LogP contribution in [0.2, 0.25) is 10.0 Å². The summed E-state index contributed by atoms with van der Waals surface area (Å²) in [5.41, 5.74) is 3.93. The van der Waals surface area contributed by atoms with Gasteiger partial charge in [-0.3, -0.25) is 9.59 Å².